The van der Waals surface area contributed by atoms with Crippen LogP contribution >= 0.6 is 31.3 Å². The summed E-state index contributed by atoms with van der Waals surface area (Å²) in [5.41, 5.74) is -4.89. The third-order valence-electron chi connectivity index (χ3n) is 7.58. The second-order valence-corrected chi connectivity index (χ2v) is 17.5. The second-order valence-electron chi connectivity index (χ2n) is 11.3. The molecule has 304 valence electrons. The number of hydrogen-bond donors (Lipinski definition) is 12. The molecule has 2 aliphatic heterocycles. The van der Waals surface area contributed by atoms with Gasteiger partial charge in [0, 0.05) is 0 Å². The summed E-state index contributed by atoms with van der Waals surface area (Å²) >= 11 is 0. The Kier molecular flexibility index (Phi) is 11.1. The summed E-state index contributed by atoms with van der Waals surface area (Å²) in [4.78, 5) is 103. The van der Waals surface area contributed by atoms with Gasteiger partial charge < -0.3 is 49.5 Å². The van der Waals surface area contributed by atoms with E-state index in [2.05, 4.69) is 41.9 Å². The van der Waals surface area contributed by atoms with Gasteiger partial charge in [0.15, 0.2) is 23.5 Å². The maximum Gasteiger partial charge on any atom is 0.490 e. The van der Waals surface area contributed by atoms with E-state index in [1.54, 1.807) is 0 Å². The van der Waals surface area contributed by atoms with Crippen molar-refractivity contribution < 1.29 is 89.7 Å². The zero-order valence-corrected chi connectivity index (χ0v) is 30.0. The minimum atomic E-state index is -6.27. The standard InChI is InChI=1S/C20H26N8O23P4/c29-9-5(47-17(11(9)31)27-3-21-7-13(27)23-19(35)25-15(7)33)1-45-52(37,38)49-54(41,42)51-55(43,44)50-53(39,40)46-2-6-10(30)12(32)18(48-6)28-4-22-8-14(28)24-20(36)26-16(8)34/h3-6,9-12,17-18,29-32H,1-2H2,(H,37,38)(H,39,40)(H,41,42)(H,43,44)(H2,23,25,33,35)(H2,24,26,34,36). The van der Waals surface area contributed by atoms with Gasteiger partial charge in [-0.3, -0.25) is 47.7 Å². The summed E-state index contributed by atoms with van der Waals surface area (Å²) in [5, 5.41) is 41.7. The monoisotopic (exact) mass is 870 g/mol. The van der Waals surface area contributed by atoms with Gasteiger partial charge in [-0.05, 0) is 0 Å². The number of phosphoric ester groups is 2. The van der Waals surface area contributed by atoms with E-state index >= 15 is 0 Å². The Labute approximate surface area is 299 Å². The third-order valence-corrected chi connectivity index (χ3v) is 13.5. The van der Waals surface area contributed by atoms with Crippen LogP contribution in [0.3, 0.4) is 0 Å². The highest BCUT2D eigenvalue weighted by Crippen LogP contribution is 2.71. The van der Waals surface area contributed by atoms with Gasteiger partial charge in [-0.2, -0.15) is 12.9 Å². The van der Waals surface area contributed by atoms with Crippen molar-refractivity contribution in [2.24, 2.45) is 0 Å². The molecule has 2 fully saturated rings. The molecule has 35 heteroatoms. The zero-order chi connectivity index (χ0) is 40.4. The quantitative estimate of drug-likeness (QED) is 0.0532. The summed E-state index contributed by atoms with van der Waals surface area (Å²) in [7, 11) is -24.3. The number of rotatable bonds is 14. The lowest BCUT2D eigenvalue weighted by Crippen LogP contribution is -2.33. The van der Waals surface area contributed by atoms with Crippen molar-refractivity contribution in [2.45, 2.75) is 49.1 Å². The van der Waals surface area contributed by atoms with E-state index in [1.165, 1.54) is 0 Å². The molecule has 0 spiro atoms. The highest BCUT2D eigenvalue weighted by molar-refractivity contribution is 7.69. The Bertz CT molecular complexity index is 2370. The highest BCUT2D eigenvalue weighted by atomic mass is 31.3. The van der Waals surface area contributed by atoms with E-state index in [9.17, 15) is 77.4 Å². The highest BCUT2D eigenvalue weighted by Gasteiger charge is 2.50. The lowest BCUT2D eigenvalue weighted by molar-refractivity contribution is -0.0505. The van der Waals surface area contributed by atoms with Gasteiger partial charge in [0.2, 0.25) is 0 Å². The lowest BCUT2D eigenvalue weighted by atomic mass is 10.1. The largest absolute Gasteiger partial charge is 0.490 e. The molecule has 6 heterocycles. The van der Waals surface area contributed by atoms with Gasteiger partial charge in [-0.15, -0.1) is 0 Å². The smallest absolute Gasteiger partial charge is 0.387 e. The van der Waals surface area contributed by atoms with E-state index in [0.717, 1.165) is 21.8 Å². The van der Waals surface area contributed by atoms with Crippen LogP contribution in [0.1, 0.15) is 12.5 Å². The number of aliphatic hydroxyl groups excluding tert-OH is 4. The van der Waals surface area contributed by atoms with Gasteiger partial charge in [-0.1, -0.05) is 0 Å². The van der Waals surface area contributed by atoms with Gasteiger partial charge in [0.1, 0.15) is 47.9 Å². The molecule has 31 nitrogen and oxygen atoms in total. The number of phosphoric acid groups is 4. The Balaban J connectivity index is 1.03. The van der Waals surface area contributed by atoms with Crippen molar-refractivity contribution in [1.29, 1.82) is 0 Å². The predicted octanol–water partition coefficient (Wildman–Crippen LogP) is -4.44. The Morgan fingerprint density at radius 2 is 0.927 bits per heavy atom. The molecule has 4 aromatic heterocycles. The molecule has 0 radical (unpaired) electrons. The van der Waals surface area contributed by atoms with E-state index in [0.29, 0.717) is 0 Å². The molecular formula is C20H26N8O23P4. The molecule has 4 aromatic rings. The van der Waals surface area contributed by atoms with Crippen molar-refractivity contribution >= 4 is 53.6 Å². The minimum absolute atomic E-state index is 0.259. The zero-order valence-electron chi connectivity index (χ0n) is 26.5. The number of nitrogens with one attached hydrogen (secondary N) is 4. The van der Waals surface area contributed by atoms with Crippen molar-refractivity contribution in [3.63, 3.8) is 0 Å². The Morgan fingerprint density at radius 3 is 1.29 bits per heavy atom. The van der Waals surface area contributed by atoms with Crippen LogP contribution in [0.5, 0.6) is 0 Å². The number of ether oxygens (including phenoxy) is 2. The van der Waals surface area contributed by atoms with Crippen molar-refractivity contribution in [1.82, 2.24) is 39.0 Å². The fourth-order valence-corrected chi connectivity index (χ4v) is 10.2. The first kappa shape index (κ1) is 41.3. The molecular weight excluding hydrogens is 844 g/mol. The number of imidazole rings is 2. The molecule has 0 saturated carbocycles. The molecule has 2 saturated heterocycles. The first-order valence-corrected chi connectivity index (χ1v) is 20.6. The number of aromatic nitrogens is 8. The summed E-state index contributed by atoms with van der Waals surface area (Å²) in [6, 6.07) is 0. The number of H-pyrrole nitrogens is 4. The van der Waals surface area contributed by atoms with Gasteiger partial charge in [-0.25, -0.2) is 37.8 Å². The average Bonchev–Trinajstić information content (AvgIpc) is 3.79. The summed E-state index contributed by atoms with van der Waals surface area (Å²) in [6.07, 6.45) is -12.4. The molecule has 12 atom stereocenters. The molecule has 12 unspecified atom stereocenters. The maximum absolute atomic E-state index is 12.4. The van der Waals surface area contributed by atoms with Crippen LogP contribution in [-0.2, 0) is 49.7 Å². The van der Waals surface area contributed by atoms with E-state index in [-0.39, 0.29) is 22.3 Å². The number of aliphatic hydroxyl groups is 4. The molecule has 0 aliphatic carbocycles. The summed E-state index contributed by atoms with van der Waals surface area (Å²) in [5.74, 6) is 0. The second kappa shape index (κ2) is 14.8. The van der Waals surface area contributed by atoms with Crippen LogP contribution in [-0.4, -0.2) is 129 Å². The molecule has 2 aliphatic rings. The summed E-state index contributed by atoms with van der Waals surface area (Å²) < 4.78 is 82.4. The number of hydrogen-bond acceptors (Lipinski definition) is 21. The van der Waals surface area contributed by atoms with E-state index < -0.39 is 116 Å². The van der Waals surface area contributed by atoms with Gasteiger partial charge in [0.05, 0.1) is 25.9 Å². The molecule has 6 rings (SSSR count). The van der Waals surface area contributed by atoms with Crippen LogP contribution in [0.25, 0.3) is 22.3 Å². The Morgan fingerprint density at radius 1 is 0.582 bits per heavy atom. The Hall–Kier alpha value is -3.38. The first-order chi connectivity index (χ1) is 25.5. The number of fused-ring (bicyclic) bond motifs is 2. The fourth-order valence-electron chi connectivity index (χ4n) is 5.29. The average molecular weight is 870 g/mol. The lowest BCUT2D eigenvalue weighted by Gasteiger charge is -2.21. The van der Waals surface area contributed by atoms with Crippen molar-refractivity contribution in [3.05, 3.63) is 54.3 Å². The van der Waals surface area contributed by atoms with Crippen LogP contribution < -0.4 is 22.5 Å². The van der Waals surface area contributed by atoms with E-state index in [4.69, 9.17) is 9.47 Å². The number of aromatic amines is 4. The van der Waals surface area contributed by atoms with Crippen molar-refractivity contribution in [3.8, 4) is 0 Å². The van der Waals surface area contributed by atoms with Gasteiger partial charge in [0.25, 0.3) is 11.1 Å². The molecule has 0 bridgehead atoms. The van der Waals surface area contributed by atoms with Crippen molar-refractivity contribution in [2.75, 3.05) is 13.2 Å². The van der Waals surface area contributed by atoms with Crippen LogP contribution in [0.4, 0.5) is 0 Å². The van der Waals surface area contributed by atoms with Gasteiger partial charge >= 0.3 is 42.7 Å². The first-order valence-electron chi connectivity index (χ1n) is 14.6. The minimum Gasteiger partial charge on any atom is -0.387 e. The predicted molar refractivity (Wildman–Crippen MR) is 168 cm³/mol. The normalized spacial score (nSPS) is 30.3. The molecule has 55 heavy (non-hydrogen) atoms. The van der Waals surface area contributed by atoms with E-state index in [1.807, 2.05) is 9.97 Å². The van der Waals surface area contributed by atoms with Crippen LogP contribution in [0, 0.1) is 0 Å². The summed E-state index contributed by atoms with van der Waals surface area (Å²) in [6.45, 7) is -2.42. The maximum atomic E-state index is 12.4. The molecule has 12 N–H and O–H groups in total. The van der Waals surface area contributed by atoms with Crippen LogP contribution in [0.15, 0.2) is 31.8 Å². The topological polar surface area (TPSA) is 462 Å². The van der Waals surface area contributed by atoms with Crippen LogP contribution in [0.2, 0.25) is 0 Å². The number of nitrogens with zero attached hydrogens (tertiary/aromatic N) is 4. The SMILES string of the molecule is O=c1[nH]c(=O)c2ncn(C3OC(COP(=O)(O)OP(=O)(O)OP(=O)(O)OP(=O)(O)OCC4OC(n5cnc6c(=O)[nH]c(=O)[nH]c65)C(O)C4O)C(O)C3O)c2[nH]1. The third kappa shape index (κ3) is 8.80. The molecule has 0 aromatic carbocycles. The fraction of sp³-hybridized carbons (Fsp3) is 0.500. The molecule has 0 amide bonds.